The lowest BCUT2D eigenvalue weighted by atomic mass is 10.2. The summed E-state index contributed by atoms with van der Waals surface area (Å²) >= 11 is 0. The molecule has 1 aromatic carbocycles. The summed E-state index contributed by atoms with van der Waals surface area (Å²) in [6, 6.07) is 4.71. The summed E-state index contributed by atoms with van der Waals surface area (Å²) in [7, 11) is 0. The summed E-state index contributed by atoms with van der Waals surface area (Å²) < 4.78 is 0. The van der Waals surface area contributed by atoms with E-state index in [-0.39, 0.29) is 18.1 Å². The summed E-state index contributed by atoms with van der Waals surface area (Å²) in [4.78, 5) is 0. The maximum atomic E-state index is 9.19. The molecule has 1 aromatic rings. The Kier molecular flexibility index (Phi) is 4.22. The topological polar surface area (TPSA) is 72.7 Å². The standard InChI is InChI=1S/C10H15NO3/c12-5-1-4-11-7-8-2-3-9(13)10(14)6-8/h2-3,6,11-14H,1,4-5,7H2. The average Bonchev–Trinajstić information content (AvgIpc) is 2.18. The largest absolute Gasteiger partial charge is 0.504 e. The zero-order valence-corrected chi connectivity index (χ0v) is 7.90. The van der Waals surface area contributed by atoms with E-state index in [9.17, 15) is 5.11 Å². The minimum atomic E-state index is -0.107. The van der Waals surface area contributed by atoms with Gasteiger partial charge in [-0.2, -0.15) is 0 Å². The molecule has 0 aliphatic heterocycles. The number of aliphatic hydroxyl groups excluding tert-OH is 1. The molecule has 0 saturated carbocycles. The fraction of sp³-hybridized carbons (Fsp3) is 0.400. The summed E-state index contributed by atoms with van der Waals surface area (Å²) in [5.74, 6) is -0.212. The second-order valence-electron chi connectivity index (χ2n) is 3.08. The molecular weight excluding hydrogens is 182 g/mol. The van der Waals surface area contributed by atoms with E-state index in [0.717, 1.165) is 12.1 Å². The molecule has 0 saturated heterocycles. The van der Waals surface area contributed by atoms with Gasteiger partial charge in [0.1, 0.15) is 0 Å². The maximum absolute atomic E-state index is 9.19. The van der Waals surface area contributed by atoms with E-state index in [1.807, 2.05) is 0 Å². The van der Waals surface area contributed by atoms with Crippen LogP contribution in [0, 0.1) is 0 Å². The monoisotopic (exact) mass is 197 g/mol. The molecule has 0 unspecified atom stereocenters. The van der Waals surface area contributed by atoms with Gasteiger partial charge < -0.3 is 20.6 Å². The molecule has 0 atom stereocenters. The van der Waals surface area contributed by atoms with E-state index in [1.165, 1.54) is 12.1 Å². The fourth-order valence-electron chi connectivity index (χ4n) is 1.12. The lowest BCUT2D eigenvalue weighted by Crippen LogP contribution is -2.15. The van der Waals surface area contributed by atoms with Gasteiger partial charge in [-0.15, -0.1) is 0 Å². The Bertz CT molecular complexity index is 289. The Morgan fingerprint density at radius 1 is 1.14 bits per heavy atom. The highest BCUT2D eigenvalue weighted by Gasteiger charge is 1.99. The van der Waals surface area contributed by atoms with Crippen molar-refractivity contribution in [3.05, 3.63) is 23.8 Å². The Morgan fingerprint density at radius 2 is 1.93 bits per heavy atom. The molecule has 0 aliphatic carbocycles. The Labute approximate surface area is 82.8 Å². The van der Waals surface area contributed by atoms with E-state index in [2.05, 4.69) is 5.32 Å². The van der Waals surface area contributed by atoms with Gasteiger partial charge in [-0.3, -0.25) is 0 Å². The van der Waals surface area contributed by atoms with Gasteiger partial charge >= 0.3 is 0 Å². The van der Waals surface area contributed by atoms with Crippen LogP contribution in [-0.2, 0) is 6.54 Å². The molecule has 0 aromatic heterocycles. The van der Waals surface area contributed by atoms with Crippen molar-refractivity contribution in [3.8, 4) is 11.5 Å². The molecule has 0 spiro atoms. The van der Waals surface area contributed by atoms with Gasteiger partial charge in [-0.05, 0) is 30.7 Å². The summed E-state index contributed by atoms with van der Waals surface area (Å²) in [6.45, 7) is 1.53. The minimum absolute atomic E-state index is 0.105. The van der Waals surface area contributed by atoms with Crippen molar-refractivity contribution in [1.82, 2.24) is 5.32 Å². The van der Waals surface area contributed by atoms with Crippen molar-refractivity contribution in [2.24, 2.45) is 0 Å². The van der Waals surface area contributed by atoms with E-state index >= 15 is 0 Å². The summed E-state index contributed by atoms with van der Waals surface area (Å²) in [5.41, 5.74) is 0.901. The molecule has 4 nitrogen and oxygen atoms in total. The molecule has 14 heavy (non-hydrogen) atoms. The number of benzene rings is 1. The molecule has 1 rings (SSSR count). The number of aliphatic hydroxyl groups is 1. The lowest BCUT2D eigenvalue weighted by Gasteiger charge is -2.05. The third-order valence-corrected chi connectivity index (χ3v) is 1.88. The number of nitrogens with one attached hydrogen (secondary N) is 1. The van der Waals surface area contributed by atoms with Crippen LogP contribution in [-0.4, -0.2) is 28.5 Å². The highest BCUT2D eigenvalue weighted by molar-refractivity contribution is 5.40. The minimum Gasteiger partial charge on any atom is -0.504 e. The second-order valence-corrected chi connectivity index (χ2v) is 3.08. The van der Waals surface area contributed by atoms with Crippen LogP contribution in [0.25, 0.3) is 0 Å². The van der Waals surface area contributed by atoms with Crippen LogP contribution < -0.4 is 5.32 Å². The Hall–Kier alpha value is -1.26. The molecule has 4 heteroatoms. The number of hydrogen-bond donors (Lipinski definition) is 4. The average molecular weight is 197 g/mol. The quantitative estimate of drug-likeness (QED) is 0.411. The van der Waals surface area contributed by atoms with Crippen LogP contribution in [0.15, 0.2) is 18.2 Å². The van der Waals surface area contributed by atoms with E-state index < -0.39 is 0 Å². The first kappa shape index (κ1) is 10.8. The molecule has 0 bridgehead atoms. The predicted molar refractivity (Wildman–Crippen MR) is 53.2 cm³/mol. The second kappa shape index (κ2) is 5.47. The lowest BCUT2D eigenvalue weighted by molar-refractivity contribution is 0.286. The first-order chi connectivity index (χ1) is 6.74. The van der Waals surface area contributed by atoms with Gasteiger partial charge in [0.15, 0.2) is 11.5 Å². The predicted octanol–water partition coefficient (Wildman–Crippen LogP) is 0.570. The third-order valence-electron chi connectivity index (χ3n) is 1.88. The van der Waals surface area contributed by atoms with E-state index in [0.29, 0.717) is 13.0 Å². The molecule has 0 amide bonds. The van der Waals surface area contributed by atoms with Crippen molar-refractivity contribution in [1.29, 1.82) is 0 Å². The van der Waals surface area contributed by atoms with Gasteiger partial charge in [0.25, 0.3) is 0 Å². The van der Waals surface area contributed by atoms with Crippen LogP contribution >= 0.6 is 0 Å². The van der Waals surface area contributed by atoms with Crippen molar-refractivity contribution in [2.75, 3.05) is 13.2 Å². The van der Waals surface area contributed by atoms with Crippen LogP contribution in [0.5, 0.6) is 11.5 Å². The fourth-order valence-corrected chi connectivity index (χ4v) is 1.12. The molecular formula is C10H15NO3. The maximum Gasteiger partial charge on any atom is 0.157 e. The van der Waals surface area contributed by atoms with Crippen molar-refractivity contribution >= 4 is 0 Å². The zero-order valence-electron chi connectivity index (χ0n) is 7.90. The normalized spacial score (nSPS) is 10.4. The summed E-state index contributed by atoms with van der Waals surface area (Å²) in [5, 5.41) is 29.9. The molecule has 0 heterocycles. The number of rotatable bonds is 5. The van der Waals surface area contributed by atoms with Crippen LogP contribution in [0.2, 0.25) is 0 Å². The highest BCUT2D eigenvalue weighted by Crippen LogP contribution is 2.24. The van der Waals surface area contributed by atoms with E-state index in [1.54, 1.807) is 6.07 Å². The number of aromatic hydroxyl groups is 2. The smallest absolute Gasteiger partial charge is 0.157 e. The van der Waals surface area contributed by atoms with Gasteiger partial charge in [0.2, 0.25) is 0 Å². The SMILES string of the molecule is OCCCNCc1ccc(O)c(O)c1. The van der Waals surface area contributed by atoms with Crippen molar-refractivity contribution in [2.45, 2.75) is 13.0 Å². The molecule has 0 radical (unpaired) electrons. The Balaban J connectivity index is 2.39. The van der Waals surface area contributed by atoms with Crippen molar-refractivity contribution in [3.63, 3.8) is 0 Å². The number of phenolic OH excluding ortho intramolecular Hbond substituents is 2. The Morgan fingerprint density at radius 3 is 2.57 bits per heavy atom. The van der Waals surface area contributed by atoms with Gasteiger partial charge in [0.05, 0.1) is 0 Å². The molecule has 4 N–H and O–H groups in total. The van der Waals surface area contributed by atoms with E-state index in [4.69, 9.17) is 10.2 Å². The highest BCUT2D eigenvalue weighted by atomic mass is 16.3. The van der Waals surface area contributed by atoms with Crippen LogP contribution in [0.4, 0.5) is 0 Å². The van der Waals surface area contributed by atoms with Crippen LogP contribution in [0.3, 0.4) is 0 Å². The van der Waals surface area contributed by atoms with Crippen molar-refractivity contribution < 1.29 is 15.3 Å². The van der Waals surface area contributed by atoms with Crippen LogP contribution in [0.1, 0.15) is 12.0 Å². The first-order valence-corrected chi connectivity index (χ1v) is 4.56. The molecule has 0 aliphatic rings. The molecule has 0 fully saturated rings. The third kappa shape index (κ3) is 3.24. The van der Waals surface area contributed by atoms with Gasteiger partial charge in [-0.25, -0.2) is 0 Å². The van der Waals surface area contributed by atoms with Gasteiger partial charge in [0, 0.05) is 13.2 Å². The summed E-state index contributed by atoms with van der Waals surface area (Å²) in [6.07, 6.45) is 0.712. The number of hydrogen-bond acceptors (Lipinski definition) is 4. The number of phenols is 2. The zero-order chi connectivity index (χ0) is 10.4. The first-order valence-electron chi connectivity index (χ1n) is 4.56. The molecule has 78 valence electrons. The van der Waals surface area contributed by atoms with Gasteiger partial charge in [-0.1, -0.05) is 6.07 Å².